The van der Waals surface area contributed by atoms with Gasteiger partial charge >= 0.3 is 0 Å². The maximum atomic E-state index is 11.0. The smallest absolute Gasteiger partial charge is 0.241 e. The molecule has 0 saturated heterocycles. The molecule has 0 aliphatic heterocycles. The molecule has 0 aliphatic carbocycles. The van der Waals surface area contributed by atoms with Gasteiger partial charge in [0.25, 0.3) is 0 Å². The molecular formula is C9H13NO3S. The van der Waals surface area contributed by atoms with Crippen LogP contribution in [0.15, 0.2) is 23.1 Å². The van der Waals surface area contributed by atoms with Gasteiger partial charge in [0.2, 0.25) is 10.0 Å². The molecule has 0 aliphatic rings. The van der Waals surface area contributed by atoms with Crippen LogP contribution >= 0.6 is 0 Å². The van der Waals surface area contributed by atoms with Crippen molar-refractivity contribution in [1.82, 2.24) is 0 Å². The maximum absolute atomic E-state index is 11.0. The number of aromatic hydroxyl groups is 1. The number of primary sulfonamides is 1. The molecule has 0 amide bonds. The molecule has 1 rings (SSSR count). The first-order chi connectivity index (χ1) is 6.34. The van der Waals surface area contributed by atoms with Gasteiger partial charge in [0.05, 0.1) is 0 Å². The molecule has 0 spiro atoms. The SMILES string of the molecule is CC(C)c1cccc(S(N)(=O)=O)c1O. The van der Waals surface area contributed by atoms with Gasteiger partial charge in [0, 0.05) is 0 Å². The summed E-state index contributed by atoms with van der Waals surface area (Å²) in [4.78, 5) is -0.219. The fraction of sp³-hybridized carbons (Fsp3) is 0.333. The van der Waals surface area contributed by atoms with Crippen LogP contribution in [0.3, 0.4) is 0 Å². The Bertz CT molecular complexity index is 437. The zero-order valence-corrected chi connectivity index (χ0v) is 8.88. The first-order valence-electron chi connectivity index (χ1n) is 4.18. The molecule has 4 nitrogen and oxygen atoms in total. The molecule has 0 fully saturated rings. The molecule has 0 heterocycles. The number of benzene rings is 1. The van der Waals surface area contributed by atoms with E-state index < -0.39 is 10.0 Å². The summed E-state index contributed by atoms with van der Waals surface area (Å²) < 4.78 is 22.1. The predicted molar refractivity (Wildman–Crippen MR) is 53.6 cm³/mol. The van der Waals surface area contributed by atoms with Gasteiger partial charge < -0.3 is 5.11 Å². The van der Waals surface area contributed by atoms with Crippen LogP contribution in [0.1, 0.15) is 25.3 Å². The third-order valence-corrected chi connectivity index (χ3v) is 2.90. The van der Waals surface area contributed by atoms with E-state index in [1.807, 2.05) is 13.8 Å². The number of rotatable bonds is 2. The zero-order chi connectivity index (χ0) is 10.9. The molecule has 0 radical (unpaired) electrons. The van der Waals surface area contributed by atoms with E-state index in [4.69, 9.17) is 5.14 Å². The monoisotopic (exact) mass is 215 g/mol. The van der Waals surface area contributed by atoms with Crippen molar-refractivity contribution in [2.45, 2.75) is 24.7 Å². The third kappa shape index (κ3) is 2.05. The van der Waals surface area contributed by atoms with Crippen LogP contribution in [-0.2, 0) is 10.0 Å². The molecule has 0 saturated carbocycles. The zero-order valence-electron chi connectivity index (χ0n) is 8.06. The minimum atomic E-state index is -3.84. The highest BCUT2D eigenvalue weighted by atomic mass is 32.2. The first-order valence-corrected chi connectivity index (χ1v) is 5.73. The minimum absolute atomic E-state index is 0.0525. The summed E-state index contributed by atoms with van der Waals surface area (Å²) in [6.07, 6.45) is 0. The van der Waals surface area contributed by atoms with Crippen LogP contribution in [0.4, 0.5) is 0 Å². The average Bonchev–Trinajstić information content (AvgIpc) is 2.01. The van der Waals surface area contributed by atoms with Gasteiger partial charge in [0.1, 0.15) is 10.6 Å². The summed E-state index contributed by atoms with van der Waals surface area (Å²) in [7, 11) is -3.84. The van der Waals surface area contributed by atoms with Crippen LogP contribution < -0.4 is 5.14 Å². The Kier molecular flexibility index (Phi) is 2.82. The number of phenols is 1. The maximum Gasteiger partial charge on any atom is 0.241 e. The Hall–Kier alpha value is -1.07. The quantitative estimate of drug-likeness (QED) is 0.776. The lowest BCUT2D eigenvalue weighted by molar-refractivity contribution is 0.448. The highest BCUT2D eigenvalue weighted by Gasteiger charge is 2.17. The van der Waals surface area contributed by atoms with Gasteiger partial charge in [-0.15, -0.1) is 0 Å². The molecule has 1 aromatic rings. The number of hydrogen-bond donors (Lipinski definition) is 2. The average molecular weight is 215 g/mol. The summed E-state index contributed by atoms with van der Waals surface area (Å²) >= 11 is 0. The van der Waals surface area contributed by atoms with Crippen LogP contribution in [0, 0.1) is 0 Å². The molecule has 3 N–H and O–H groups in total. The van der Waals surface area contributed by atoms with E-state index in [0.29, 0.717) is 5.56 Å². The van der Waals surface area contributed by atoms with Gasteiger partial charge in [0.15, 0.2) is 0 Å². The van der Waals surface area contributed by atoms with Gasteiger partial charge in [-0.2, -0.15) is 0 Å². The Morgan fingerprint density at radius 1 is 1.36 bits per heavy atom. The number of sulfonamides is 1. The van der Waals surface area contributed by atoms with Gasteiger partial charge in [-0.1, -0.05) is 26.0 Å². The van der Waals surface area contributed by atoms with Crippen molar-refractivity contribution in [3.05, 3.63) is 23.8 Å². The van der Waals surface area contributed by atoms with E-state index >= 15 is 0 Å². The second-order valence-electron chi connectivity index (χ2n) is 3.39. The van der Waals surface area contributed by atoms with E-state index in [0.717, 1.165) is 0 Å². The normalized spacial score (nSPS) is 12.0. The van der Waals surface area contributed by atoms with E-state index in [9.17, 15) is 13.5 Å². The molecule has 5 heteroatoms. The first kappa shape index (κ1) is 11.0. The summed E-state index contributed by atoms with van der Waals surface area (Å²) in [6.45, 7) is 3.73. The molecule has 0 bridgehead atoms. The molecule has 0 aromatic heterocycles. The van der Waals surface area contributed by atoms with Crippen LogP contribution in [0.5, 0.6) is 5.75 Å². The van der Waals surface area contributed by atoms with Crippen molar-refractivity contribution >= 4 is 10.0 Å². The lowest BCUT2D eigenvalue weighted by atomic mass is 10.0. The predicted octanol–water partition coefficient (Wildman–Crippen LogP) is 1.16. The highest BCUT2D eigenvalue weighted by Crippen LogP contribution is 2.30. The summed E-state index contributed by atoms with van der Waals surface area (Å²) in [5.41, 5.74) is 0.580. The van der Waals surface area contributed by atoms with Gasteiger partial charge in [-0.05, 0) is 17.5 Å². The molecule has 78 valence electrons. The Balaban J connectivity index is 3.43. The molecule has 0 unspecified atom stereocenters. The van der Waals surface area contributed by atoms with E-state index in [-0.39, 0.29) is 16.6 Å². The van der Waals surface area contributed by atoms with E-state index in [1.54, 1.807) is 12.1 Å². The Labute approximate surface area is 83.4 Å². The summed E-state index contributed by atoms with van der Waals surface area (Å²) in [6, 6.07) is 4.53. The van der Waals surface area contributed by atoms with Crippen LogP contribution in [-0.4, -0.2) is 13.5 Å². The number of para-hydroxylation sites is 1. The molecule has 1 aromatic carbocycles. The second kappa shape index (κ2) is 3.59. The second-order valence-corrected chi connectivity index (χ2v) is 4.92. The van der Waals surface area contributed by atoms with E-state index in [2.05, 4.69) is 0 Å². The summed E-state index contributed by atoms with van der Waals surface area (Å²) in [5, 5.41) is 14.6. The van der Waals surface area contributed by atoms with Crippen molar-refractivity contribution < 1.29 is 13.5 Å². The van der Waals surface area contributed by atoms with Gasteiger partial charge in [-0.25, -0.2) is 13.6 Å². The fourth-order valence-electron chi connectivity index (χ4n) is 1.23. The van der Waals surface area contributed by atoms with Crippen LogP contribution in [0.2, 0.25) is 0 Å². The van der Waals surface area contributed by atoms with Crippen molar-refractivity contribution in [3.63, 3.8) is 0 Å². The molecule has 0 atom stereocenters. The lowest BCUT2D eigenvalue weighted by Gasteiger charge is -2.10. The summed E-state index contributed by atoms with van der Waals surface area (Å²) in [5.74, 6) is -0.193. The fourth-order valence-corrected chi connectivity index (χ4v) is 1.89. The topological polar surface area (TPSA) is 80.4 Å². The standard InChI is InChI=1S/C9H13NO3S/c1-6(2)7-4-3-5-8(9(7)11)14(10,12)13/h3-6,11H,1-2H3,(H2,10,12,13). The third-order valence-electron chi connectivity index (χ3n) is 1.96. The van der Waals surface area contributed by atoms with Crippen molar-refractivity contribution in [2.75, 3.05) is 0 Å². The molecular weight excluding hydrogens is 202 g/mol. The minimum Gasteiger partial charge on any atom is -0.506 e. The number of nitrogens with two attached hydrogens (primary N) is 1. The number of phenolic OH excluding ortho intramolecular Hbond substituents is 1. The van der Waals surface area contributed by atoms with E-state index in [1.165, 1.54) is 6.07 Å². The molecule has 14 heavy (non-hydrogen) atoms. The largest absolute Gasteiger partial charge is 0.506 e. The van der Waals surface area contributed by atoms with Crippen molar-refractivity contribution in [3.8, 4) is 5.75 Å². The lowest BCUT2D eigenvalue weighted by Crippen LogP contribution is -2.12. The Morgan fingerprint density at radius 2 is 1.93 bits per heavy atom. The van der Waals surface area contributed by atoms with Crippen LogP contribution in [0.25, 0.3) is 0 Å². The van der Waals surface area contributed by atoms with Gasteiger partial charge in [-0.3, -0.25) is 0 Å². The van der Waals surface area contributed by atoms with Crippen molar-refractivity contribution in [1.29, 1.82) is 0 Å². The van der Waals surface area contributed by atoms with Crippen molar-refractivity contribution in [2.24, 2.45) is 5.14 Å². The Morgan fingerprint density at radius 3 is 2.36 bits per heavy atom. The highest BCUT2D eigenvalue weighted by molar-refractivity contribution is 7.89. The number of hydrogen-bond acceptors (Lipinski definition) is 3.